The van der Waals surface area contributed by atoms with Gasteiger partial charge in [-0.15, -0.1) is 0 Å². The van der Waals surface area contributed by atoms with E-state index in [1.807, 2.05) is 37.5 Å². The number of urea groups is 1. The Labute approximate surface area is 571 Å². The Morgan fingerprint density at radius 2 is 1.34 bits per heavy atom. The van der Waals surface area contributed by atoms with Crippen molar-refractivity contribution in [3.63, 3.8) is 0 Å². The minimum atomic E-state index is -1.20. The van der Waals surface area contributed by atoms with Crippen LogP contribution in [0.5, 0.6) is 0 Å². The number of likely N-dealkylation sites (tertiary alicyclic amines) is 1. The van der Waals surface area contributed by atoms with E-state index in [1.54, 1.807) is 125 Å². The van der Waals surface area contributed by atoms with Crippen LogP contribution in [0.1, 0.15) is 153 Å². The van der Waals surface area contributed by atoms with E-state index in [1.165, 1.54) is 33.1 Å². The van der Waals surface area contributed by atoms with Gasteiger partial charge in [0.05, 0.1) is 48.8 Å². The molecule has 0 saturated carbocycles. The highest BCUT2D eigenvalue weighted by Crippen LogP contribution is 2.31. The Balaban J connectivity index is 1.69. The summed E-state index contributed by atoms with van der Waals surface area (Å²) in [4.78, 5) is 157. The molecule has 1 aliphatic heterocycles. The number of anilines is 1. The molecule has 2 aromatic rings. The lowest BCUT2D eigenvalue weighted by Crippen LogP contribution is -2.60. The van der Waals surface area contributed by atoms with Gasteiger partial charge in [0.2, 0.25) is 47.3 Å². The molecule has 0 radical (unpaired) electrons. The first kappa shape index (κ1) is 83.1. The predicted octanol–water partition coefficient (Wildman–Crippen LogP) is 4.55. The Morgan fingerprint density at radius 3 is 1.90 bits per heavy atom. The molecule has 544 valence electrons. The van der Waals surface area contributed by atoms with Crippen LogP contribution in [-0.4, -0.2) is 199 Å². The molecule has 29 nitrogen and oxygen atoms in total. The number of benzene rings is 2. The maximum Gasteiger partial charge on any atom is 0.431 e. The highest BCUT2D eigenvalue weighted by Gasteiger charge is 2.44. The third-order valence-electron chi connectivity index (χ3n) is 17.0. The van der Waals surface area contributed by atoms with E-state index in [0.717, 1.165) is 4.90 Å². The summed E-state index contributed by atoms with van der Waals surface area (Å²) in [5, 5.41) is 29.7. The Hall–Kier alpha value is -8.15. The van der Waals surface area contributed by atoms with Gasteiger partial charge in [0.15, 0.2) is 6.61 Å². The first-order valence-corrected chi connectivity index (χ1v) is 33.3. The van der Waals surface area contributed by atoms with Gasteiger partial charge in [-0.25, -0.2) is 14.4 Å². The lowest BCUT2D eigenvalue weighted by atomic mass is 9.89. The van der Waals surface area contributed by atoms with Crippen molar-refractivity contribution in [2.24, 2.45) is 35.3 Å². The van der Waals surface area contributed by atoms with Gasteiger partial charge in [-0.05, 0) is 107 Å². The number of hydroxylamine groups is 1. The summed E-state index contributed by atoms with van der Waals surface area (Å²) in [5.41, 5.74) is 7.85. The summed E-state index contributed by atoms with van der Waals surface area (Å²) in [6, 6.07) is 7.10. The maximum atomic E-state index is 14.8. The molecule has 3 unspecified atom stereocenters. The Morgan fingerprint density at radius 1 is 0.722 bits per heavy atom. The number of carbonyl (C=O) groups excluding carboxylic acids is 11. The van der Waals surface area contributed by atoms with Crippen molar-refractivity contribution in [1.29, 1.82) is 0 Å². The van der Waals surface area contributed by atoms with Crippen molar-refractivity contribution in [2.75, 3.05) is 53.3 Å². The molecular formula is C68H110N12O17. The SMILES string of the molecule is CCC(C)[C@@H]([C@@H](CC(=O)N1CCC[C@H]1[C@H](OC)[C@@H](C)C(=O)N[C@H](C)C(O)c1ccccc1)OC)N(C)C(=O)[C@@H](NC(=O)[C@H](C(C)C)N(C)C(=O)OCc1ccc(NC(=O)[C@H](CCCNC(N)=O)NC(=O)[C@@H](NC(=O)C(C)NC(=O)CONC(=O)OC(C)(C)C)C(C)C)cc1)C(C)C. The summed E-state index contributed by atoms with van der Waals surface area (Å²) < 4.78 is 22.8. The molecule has 12 amide bonds. The fourth-order valence-electron chi connectivity index (χ4n) is 11.5. The molecule has 13 atom stereocenters. The Bertz CT molecular complexity index is 2910. The number of carbonyl (C=O) groups is 11. The van der Waals surface area contributed by atoms with E-state index in [-0.39, 0.29) is 50.1 Å². The molecule has 11 N–H and O–H groups in total. The number of aliphatic hydroxyl groups excluding tert-OH is 1. The largest absolute Gasteiger partial charge is 0.445 e. The third-order valence-corrected chi connectivity index (χ3v) is 17.0. The summed E-state index contributed by atoms with van der Waals surface area (Å²) in [5.74, 6) is -6.78. The number of likely N-dealkylation sites (N-methyl/N-ethyl adjacent to an activating group) is 2. The number of rotatable bonds is 37. The molecule has 0 aromatic heterocycles. The number of hydrogen-bond acceptors (Lipinski definition) is 17. The van der Waals surface area contributed by atoms with Crippen molar-refractivity contribution in [1.82, 2.24) is 52.1 Å². The number of nitrogens with zero attached hydrogens (tertiary/aromatic N) is 3. The highest BCUT2D eigenvalue weighted by atomic mass is 16.7. The third kappa shape index (κ3) is 26.3. The summed E-state index contributed by atoms with van der Waals surface area (Å²) in [7, 11) is 6.05. The van der Waals surface area contributed by atoms with E-state index < -0.39 is 156 Å². The molecular weight excluding hydrogens is 1260 g/mol. The number of primary amides is 1. The second-order valence-electron chi connectivity index (χ2n) is 26.9. The fraction of sp³-hybridized carbons (Fsp3) is 0.662. The number of aliphatic hydroxyl groups is 1. The predicted molar refractivity (Wildman–Crippen MR) is 362 cm³/mol. The van der Waals surface area contributed by atoms with Gasteiger partial charge in [0.1, 0.15) is 42.4 Å². The quantitative estimate of drug-likeness (QED) is 0.0327. The molecule has 1 heterocycles. The Kier molecular flexibility index (Phi) is 34.2. The monoisotopic (exact) mass is 1370 g/mol. The van der Waals surface area contributed by atoms with Crippen LogP contribution in [0.15, 0.2) is 54.6 Å². The minimum Gasteiger partial charge on any atom is -0.445 e. The smallest absolute Gasteiger partial charge is 0.431 e. The zero-order valence-corrected chi connectivity index (χ0v) is 59.9. The molecule has 1 fully saturated rings. The van der Waals surface area contributed by atoms with Crippen LogP contribution in [0, 0.1) is 29.6 Å². The average molecular weight is 1370 g/mol. The van der Waals surface area contributed by atoms with Crippen LogP contribution in [0.25, 0.3) is 0 Å². The van der Waals surface area contributed by atoms with E-state index in [9.17, 15) is 57.8 Å². The topological polar surface area (TPSA) is 386 Å². The zero-order valence-electron chi connectivity index (χ0n) is 59.9. The van der Waals surface area contributed by atoms with E-state index in [0.29, 0.717) is 42.6 Å². The van der Waals surface area contributed by atoms with E-state index in [2.05, 4.69) is 37.2 Å². The van der Waals surface area contributed by atoms with Crippen LogP contribution in [0.4, 0.5) is 20.1 Å². The van der Waals surface area contributed by atoms with E-state index >= 15 is 0 Å². The molecule has 97 heavy (non-hydrogen) atoms. The van der Waals surface area contributed by atoms with Crippen LogP contribution in [-0.2, 0) is 68.7 Å². The second-order valence-corrected chi connectivity index (χ2v) is 26.9. The van der Waals surface area contributed by atoms with Crippen LogP contribution < -0.4 is 48.4 Å². The first-order valence-electron chi connectivity index (χ1n) is 33.3. The molecule has 2 aromatic carbocycles. The molecule has 1 saturated heterocycles. The van der Waals surface area contributed by atoms with Crippen molar-refractivity contribution in [3.05, 3.63) is 65.7 Å². The van der Waals surface area contributed by atoms with Gasteiger partial charge in [-0.3, -0.25) is 48.1 Å². The van der Waals surface area contributed by atoms with Gasteiger partial charge in [-0.1, -0.05) is 111 Å². The number of methoxy groups -OCH3 is 2. The van der Waals surface area contributed by atoms with Gasteiger partial charge < -0.3 is 76.8 Å². The molecule has 3 rings (SSSR count). The minimum absolute atomic E-state index is 0.0208. The van der Waals surface area contributed by atoms with Crippen molar-refractivity contribution >= 4 is 71.2 Å². The van der Waals surface area contributed by atoms with E-state index in [4.69, 9.17) is 29.5 Å². The lowest BCUT2D eigenvalue weighted by molar-refractivity contribution is -0.148. The lowest BCUT2D eigenvalue weighted by Gasteiger charge is -2.41. The average Bonchev–Trinajstić information content (AvgIpc) is 1.70. The number of ether oxygens (including phenoxy) is 4. The number of hydrogen-bond donors (Lipinski definition) is 10. The molecule has 0 spiro atoms. The maximum absolute atomic E-state index is 14.8. The van der Waals surface area contributed by atoms with Gasteiger partial charge in [0.25, 0.3) is 0 Å². The molecule has 29 heteroatoms. The molecule has 0 aliphatic carbocycles. The zero-order chi connectivity index (χ0) is 73.2. The highest BCUT2D eigenvalue weighted by molar-refractivity contribution is 5.99. The van der Waals surface area contributed by atoms with Crippen molar-refractivity contribution in [3.8, 4) is 0 Å². The van der Waals surface area contributed by atoms with Gasteiger partial charge in [-0.2, -0.15) is 5.48 Å². The van der Waals surface area contributed by atoms with Gasteiger partial charge in [0, 0.05) is 47.1 Å². The standard InChI is InChI=1S/C68H110N12O17/c1-19-41(8)56(50(93-17)35-52(82)80-34-24-28-49(80)58(94-18)42(9)59(84)72-43(10)57(83)46-25-21-20-22-26-46)78(15)64(89)54(39(4)5)76-63(88)55(40(6)7)79(16)67(92)95-36-45-29-31-47(32-30-45)73-61(86)48(27-23-33-70-65(69)90)74-62(87)53(38(2)3)75-60(85)44(11)71-51(81)37-96-77-66(91)97-68(12,13)14/h20-22,25-26,29-32,38-44,48-50,53-58,83H,19,23-24,27-28,33-37H2,1-18H3,(H,71,81)(H,72,84)(H,73,86)(H,74,87)(H,75,85)(H,76,88)(H,77,91)(H3,69,70,90)/t41?,42-,43-,44?,48+,49+,50-,53+,54+,55+,56+,57?,58-/m1/s1. The molecule has 1 aliphatic rings. The number of nitrogens with two attached hydrogens (primary N) is 1. The summed E-state index contributed by atoms with van der Waals surface area (Å²) >= 11 is 0. The summed E-state index contributed by atoms with van der Waals surface area (Å²) in [6.07, 6.45) is -2.19. The number of nitrogens with one attached hydrogen (secondary N) is 8. The fourth-order valence-corrected chi connectivity index (χ4v) is 11.5. The number of amides is 12. The van der Waals surface area contributed by atoms with Crippen LogP contribution >= 0.6 is 0 Å². The van der Waals surface area contributed by atoms with Gasteiger partial charge >= 0.3 is 18.2 Å². The second kappa shape index (κ2) is 39.9. The molecule has 0 bridgehead atoms. The van der Waals surface area contributed by atoms with Crippen LogP contribution in [0.3, 0.4) is 0 Å². The summed E-state index contributed by atoms with van der Waals surface area (Å²) in [6.45, 7) is 23.7. The van der Waals surface area contributed by atoms with Crippen molar-refractivity contribution < 1.29 is 81.6 Å². The normalized spacial score (nSPS) is 16.8. The first-order chi connectivity index (χ1) is 45.5. The van der Waals surface area contributed by atoms with Crippen molar-refractivity contribution in [2.45, 2.75) is 214 Å². The van der Waals surface area contributed by atoms with Crippen LogP contribution in [0.2, 0.25) is 0 Å².